The van der Waals surface area contributed by atoms with Gasteiger partial charge in [-0.25, -0.2) is 14.6 Å². The van der Waals surface area contributed by atoms with Crippen LogP contribution in [-0.4, -0.2) is 43.0 Å². The predicted molar refractivity (Wildman–Crippen MR) is 82.5 cm³/mol. The average Bonchev–Trinajstić information content (AvgIpc) is 2.99. The molecule has 0 spiro atoms. The summed E-state index contributed by atoms with van der Waals surface area (Å²) in [5, 5.41) is 8.05. The minimum absolute atomic E-state index is 0.424. The second kappa shape index (κ2) is 5.67. The Bertz CT molecular complexity index is 755. The van der Waals surface area contributed by atoms with Gasteiger partial charge in [-0.2, -0.15) is 0 Å². The van der Waals surface area contributed by atoms with Crippen molar-refractivity contribution in [3.8, 4) is 0 Å². The van der Waals surface area contributed by atoms with Gasteiger partial charge in [-0.15, -0.1) is 5.10 Å². The lowest BCUT2D eigenvalue weighted by Crippen LogP contribution is -2.25. The molecule has 4 heterocycles. The zero-order valence-corrected chi connectivity index (χ0v) is 12.2. The highest BCUT2D eigenvalue weighted by Gasteiger charge is 2.20. The number of anilines is 1. The number of hydrogen-bond acceptors (Lipinski definition) is 6. The van der Waals surface area contributed by atoms with Crippen LogP contribution in [0.1, 0.15) is 25.3 Å². The topological polar surface area (TPSA) is 72.6 Å². The van der Waals surface area contributed by atoms with E-state index in [0.717, 1.165) is 43.7 Å². The molecule has 1 aliphatic heterocycles. The van der Waals surface area contributed by atoms with Crippen molar-refractivity contribution in [1.82, 2.24) is 29.9 Å². The molecule has 0 aliphatic carbocycles. The highest BCUT2D eigenvalue weighted by atomic mass is 15.4. The van der Waals surface area contributed by atoms with E-state index in [1.54, 1.807) is 18.6 Å². The molecule has 0 saturated carbocycles. The number of nitrogens with zero attached hydrogens (tertiary/aromatic N) is 7. The van der Waals surface area contributed by atoms with Crippen LogP contribution in [0.15, 0.2) is 36.9 Å². The van der Waals surface area contributed by atoms with E-state index in [-0.39, 0.29) is 0 Å². The Labute approximate surface area is 128 Å². The third-order valence-corrected chi connectivity index (χ3v) is 4.15. The van der Waals surface area contributed by atoms with Gasteiger partial charge in [0.15, 0.2) is 5.65 Å². The van der Waals surface area contributed by atoms with Crippen LogP contribution in [0, 0.1) is 0 Å². The zero-order valence-electron chi connectivity index (χ0n) is 12.2. The highest BCUT2D eigenvalue weighted by molar-refractivity contribution is 5.71. The Morgan fingerprint density at radius 2 is 1.95 bits per heavy atom. The molecule has 7 heteroatoms. The number of fused-ring (bicyclic) bond motifs is 1. The van der Waals surface area contributed by atoms with E-state index >= 15 is 0 Å². The molecule has 0 aromatic carbocycles. The molecular weight excluding hydrogens is 278 g/mol. The smallest absolute Gasteiger partial charge is 0.180 e. The quantitative estimate of drug-likeness (QED) is 0.718. The summed E-state index contributed by atoms with van der Waals surface area (Å²) in [5.74, 6) is 0.979. The fourth-order valence-electron chi connectivity index (χ4n) is 3.01. The monoisotopic (exact) mass is 295 g/mol. The number of pyridine rings is 1. The molecule has 112 valence electrons. The first kappa shape index (κ1) is 13.1. The lowest BCUT2D eigenvalue weighted by Gasteiger charge is -2.21. The van der Waals surface area contributed by atoms with Crippen LogP contribution in [0.5, 0.6) is 0 Å². The largest absolute Gasteiger partial charge is 0.356 e. The third-order valence-electron chi connectivity index (χ3n) is 4.15. The van der Waals surface area contributed by atoms with Gasteiger partial charge in [-0.1, -0.05) is 5.21 Å². The second-order valence-corrected chi connectivity index (χ2v) is 5.52. The van der Waals surface area contributed by atoms with E-state index in [1.165, 1.54) is 0 Å². The van der Waals surface area contributed by atoms with Crippen molar-refractivity contribution < 1.29 is 0 Å². The zero-order chi connectivity index (χ0) is 14.8. The van der Waals surface area contributed by atoms with Gasteiger partial charge in [0.2, 0.25) is 0 Å². The van der Waals surface area contributed by atoms with Gasteiger partial charge in [0.05, 0.1) is 12.2 Å². The summed E-state index contributed by atoms with van der Waals surface area (Å²) in [6, 6.07) is 4.45. The molecule has 1 fully saturated rings. The first-order chi connectivity index (χ1) is 10.9. The van der Waals surface area contributed by atoms with E-state index in [1.807, 2.05) is 23.0 Å². The fourth-order valence-corrected chi connectivity index (χ4v) is 3.01. The van der Waals surface area contributed by atoms with Crippen molar-refractivity contribution in [2.45, 2.75) is 25.3 Å². The molecule has 0 N–H and O–H groups in total. The summed E-state index contributed by atoms with van der Waals surface area (Å²) in [7, 11) is 0. The minimum Gasteiger partial charge on any atom is -0.356 e. The van der Waals surface area contributed by atoms with Crippen LogP contribution < -0.4 is 4.90 Å². The molecule has 3 aromatic rings. The predicted octanol–water partition coefficient (Wildman–Crippen LogP) is 1.85. The normalized spacial score (nSPS) is 19.3. The van der Waals surface area contributed by atoms with Crippen LogP contribution >= 0.6 is 0 Å². The van der Waals surface area contributed by atoms with E-state index in [9.17, 15) is 0 Å². The number of aromatic nitrogens is 6. The third kappa shape index (κ3) is 2.49. The molecule has 3 aromatic heterocycles. The summed E-state index contributed by atoms with van der Waals surface area (Å²) >= 11 is 0. The number of hydrogen-bond donors (Lipinski definition) is 0. The van der Waals surface area contributed by atoms with E-state index in [0.29, 0.717) is 11.7 Å². The van der Waals surface area contributed by atoms with Gasteiger partial charge in [-0.05, 0) is 31.4 Å². The maximum Gasteiger partial charge on any atom is 0.180 e. The van der Waals surface area contributed by atoms with Crippen LogP contribution in [-0.2, 0) is 0 Å². The van der Waals surface area contributed by atoms with Crippen molar-refractivity contribution in [3.05, 3.63) is 36.9 Å². The fraction of sp³-hybridized carbons (Fsp3) is 0.400. The van der Waals surface area contributed by atoms with E-state index < -0.39 is 0 Å². The molecular formula is C15H17N7. The van der Waals surface area contributed by atoms with Crippen molar-refractivity contribution in [3.63, 3.8) is 0 Å². The first-order valence-corrected chi connectivity index (χ1v) is 7.59. The molecule has 1 saturated heterocycles. The summed E-state index contributed by atoms with van der Waals surface area (Å²) in [5.41, 5.74) is 1.54. The van der Waals surface area contributed by atoms with Crippen molar-refractivity contribution >= 4 is 17.0 Å². The van der Waals surface area contributed by atoms with Gasteiger partial charge in [0.25, 0.3) is 0 Å². The Morgan fingerprint density at radius 1 is 1.00 bits per heavy atom. The Balaban J connectivity index is 1.54. The standard InChI is InChI=1S/C15H17N7/c1-2-12(22-11-8-18-20-22)5-10-21(9-1)14-4-3-13-15(19-14)17-7-6-16-13/h3-4,6-8,11-12H,1-2,5,9-10H2. The van der Waals surface area contributed by atoms with E-state index in [4.69, 9.17) is 0 Å². The Hall–Kier alpha value is -2.57. The SMILES string of the molecule is c1cn(C2CCCN(c3ccc4nccnc4n3)CC2)nn1. The lowest BCUT2D eigenvalue weighted by atomic mass is 10.1. The maximum atomic E-state index is 4.65. The molecule has 22 heavy (non-hydrogen) atoms. The molecule has 0 amide bonds. The van der Waals surface area contributed by atoms with Crippen LogP contribution in [0.4, 0.5) is 5.82 Å². The van der Waals surface area contributed by atoms with Gasteiger partial charge in [0, 0.05) is 31.7 Å². The summed E-state index contributed by atoms with van der Waals surface area (Å²) in [6.45, 7) is 1.97. The van der Waals surface area contributed by atoms with Crippen molar-refractivity contribution in [1.29, 1.82) is 0 Å². The second-order valence-electron chi connectivity index (χ2n) is 5.52. The van der Waals surface area contributed by atoms with Gasteiger partial charge < -0.3 is 4.90 Å². The molecule has 1 unspecified atom stereocenters. The maximum absolute atomic E-state index is 4.65. The minimum atomic E-state index is 0.424. The molecule has 7 nitrogen and oxygen atoms in total. The average molecular weight is 295 g/mol. The van der Waals surface area contributed by atoms with Crippen LogP contribution in [0.2, 0.25) is 0 Å². The van der Waals surface area contributed by atoms with Crippen LogP contribution in [0.25, 0.3) is 11.2 Å². The molecule has 1 atom stereocenters. The Kier molecular flexibility index (Phi) is 3.38. The lowest BCUT2D eigenvalue weighted by molar-refractivity contribution is 0.406. The van der Waals surface area contributed by atoms with Crippen LogP contribution in [0.3, 0.4) is 0 Å². The highest BCUT2D eigenvalue weighted by Crippen LogP contribution is 2.24. The Morgan fingerprint density at radius 3 is 2.86 bits per heavy atom. The summed E-state index contributed by atoms with van der Waals surface area (Å²) in [4.78, 5) is 15.5. The molecule has 1 aliphatic rings. The summed E-state index contributed by atoms with van der Waals surface area (Å²) < 4.78 is 1.97. The van der Waals surface area contributed by atoms with Crippen molar-refractivity contribution in [2.75, 3.05) is 18.0 Å². The molecule has 0 radical (unpaired) electrons. The number of rotatable bonds is 2. The van der Waals surface area contributed by atoms with Gasteiger partial charge in [0.1, 0.15) is 11.3 Å². The molecule has 4 rings (SSSR count). The van der Waals surface area contributed by atoms with Crippen molar-refractivity contribution in [2.24, 2.45) is 0 Å². The summed E-state index contributed by atoms with van der Waals surface area (Å²) in [6.07, 6.45) is 10.3. The first-order valence-electron chi connectivity index (χ1n) is 7.59. The molecule has 0 bridgehead atoms. The van der Waals surface area contributed by atoms with Gasteiger partial charge >= 0.3 is 0 Å². The van der Waals surface area contributed by atoms with E-state index in [2.05, 4.69) is 30.2 Å². The van der Waals surface area contributed by atoms with Gasteiger partial charge in [-0.3, -0.25) is 4.98 Å².